The number of hydrogen-bond donors (Lipinski definition) is 0. The van der Waals surface area contributed by atoms with Gasteiger partial charge in [-0.3, -0.25) is 10.1 Å². The van der Waals surface area contributed by atoms with Crippen molar-refractivity contribution in [2.24, 2.45) is 0 Å². The summed E-state index contributed by atoms with van der Waals surface area (Å²) in [6, 6.07) is 6.33. The maximum absolute atomic E-state index is 10.8. The Morgan fingerprint density at radius 2 is 2.05 bits per heavy atom. The Morgan fingerprint density at radius 3 is 2.80 bits per heavy atom. The summed E-state index contributed by atoms with van der Waals surface area (Å²) < 4.78 is 0. The van der Waals surface area contributed by atoms with Gasteiger partial charge in [0.1, 0.15) is 9.98 Å². The lowest BCUT2D eigenvalue weighted by Crippen LogP contribution is -1.88. The van der Waals surface area contributed by atoms with E-state index in [4.69, 9.17) is 23.2 Å². The van der Waals surface area contributed by atoms with E-state index in [1.54, 1.807) is 12.1 Å². The second-order valence-corrected chi connectivity index (χ2v) is 5.47. The van der Waals surface area contributed by atoms with Crippen molar-refractivity contribution in [1.82, 2.24) is 9.97 Å². The SMILES string of the molecule is O=[N+]([O-])c1cccc(-c2csc3nc(Cl)nc(Cl)c23)c1. The fourth-order valence-corrected chi connectivity index (χ4v) is 3.41. The van der Waals surface area contributed by atoms with Crippen molar-refractivity contribution < 1.29 is 4.92 Å². The number of aromatic nitrogens is 2. The third kappa shape index (κ3) is 2.22. The number of halogens is 2. The summed E-state index contributed by atoms with van der Waals surface area (Å²) in [5.41, 5.74) is 1.47. The summed E-state index contributed by atoms with van der Waals surface area (Å²) in [7, 11) is 0. The van der Waals surface area contributed by atoms with Crippen molar-refractivity contribution in [2.75, 3.05) is 0 Å². The molecule has 1 aromatic carbocycles. The average Bonchev–Trinajstić information content (AvgIpc) is 2.82. The number of nitro groups is 1. The van der Waals surface area contributed by atoms with E-state index in [9.17, 15) is 10.1 Å². The summed E-state index contributed by atoms with van der Waals surface area (Å²) >= 11 is 13.2. The first-order valence-corrected chi connectivity index (χ1v) is 7.05. The molecule has 0 saturated heterocycles. The largest absolute Gasteiger partial charge is 0.270 e. The normalized spacial score (nSPS) is 10.9. The molecule has 0 atom stereocenters. The monoisotopic (exact) mass is 325 g/mol. The first kappa shape index (κ1) is 13.2. The summed E-state index contributed by atoms with van der Waals surface area (Å²) in [4.78, 5) is 19.1. The molecule has 0 N–H and O–H groups in total. The van der Waals surface area contributed by atoms with Crippen molar-refractivity contribution in [3.05, 3.63) is 50.2 Å². The van der Waals surface area contributed by atoms with Gasteiger partial charge >= 0.3 is 0 Å². The van der Waals surface area contributed by atoms with Crippen LogP contribution in [0, 0.1) is 10.1 Å². The first-order valence-electron chi connectivity index (χ1n) is 5.41. The molecule has 0 amide bonds. The Kier molecular flexibility index (Phi) is 3.29. The molecule has 3 rings (SSSR count). The quantitative estimate of drug-likeness (QED) is 0.299. The van der Waals surface area contributed by atoms with Gasteiger partial charge < -0.3 is 0 Å². The lowest BCUT2D eigenvalue weighted by molar-refractivity contribution is -0.384. The number of benzene rings is 1. The molecule has 8 heteroatoms. The highest BCUT2D eigenvalue weighted by Crippen LogP contribution is 2.38. The predicted octanol–water partition coefficient (Wildman–Crippen LogP) is 4.57. The Hall–Kier alpha value is -1.76. The van der Waals surface area contributed by atoms with Crippen LogP contribution in [0.5, 0.6) is 0 Å². The van der Waals surface area contributed by atoms with Crippen LogP contribution in [-0.2, 0) is 0 Å². The van der Waals surface area contributed by atoms with Gasteiger partial charge in [-0.05, 0) is 17.2 Å². The van der Waals surface area contributed by atoms with Gasteiger partial charge in [-0.15, -0.1) is 11.3 Å². The van der Waals surface area contributed by atoms with Crippen LogP contribution < -0.4 is 0 Å². The van der Waals surface area contributed by atoms with Crippen LogP contribution >= 0.6 is 34.5 Å². The van der Waals surface area contributed by atoms with Crippen molar-refractivity contribution in [1.29, 1.82) is 0 Å². The summed E-state index contributed by atoms with van der Waals surface area (Å²) in [5.74, 6) is 0. The zero-order valence-corrected chi connectivity index (χ0v) is 12.0. The molecule has 5 nitrogen and oxygen atoms in total. The van der Waals surface area contributed by atoms with E-state index in [2.05, 4.69) is 9.97 Å². The zero-order chi connectivity index (χ0) is 14.3. The number of fused-ring (bicyclic) bond motifs is 1. The fourth-order valence-electron chi connectivity index (χ4n) is 1.87. The fraction of sp³-hybridized carbons (Fsp3) is 0. The zero-order valence-electron chi connectivity index (χ0n) is 9.71. The number of non-ortho nitro benzene ring substituents is 1. The van der Waals surface area contributed by atoms with E-state index >= 15 is 0 Å². The minimum atomic E-state index is -0.437. The summed E-state index contributed by atoms with van der Waals surface area (Å²) in [6.07, 6.45) is 0. The first-order chi connectivity index (χ1) is 9.56. The van der Waals surface area contributed by atoms with Gasteiger partial charge in [-0.25, -0.2) is 9.97 Å². The van der Waals surface area contributed by atoms with Crippen LogP contribution in [0.15, 0.2) is 29.6 Å². The van der Waals surface area contributed by atoms with Crippen LogP contribution in [0.4, 0.5) is 5.69 Å². The third-order valence-corrected chi connectivity index (χ3v) is 4.04. The van der Waals surface area contributed by atoms with Gasteiger partial charge in [-0.2, -0.15) is 0 Å². The van der Waals surface area contributed by atoms with Crippen LogP contribution in [0.25, 0.3) is 21.3 Å². The molecule has 0 radical (unpaired) electrons. The second-order valence-electron chi connectivity index (χ2n) is 3.92. The average molecular weight is 326 g/mol. The van der Waals surface area contributed by atoms with E-state index in [-0.39, 0.29) is 16.1 Å². The van der Waals surface area contributed by atoms with Gasteiger partial charge in [0.2, 0.25) is 5.28 Å². The molecule has 0 bridgehead atoms. The molecule has 2 heterocycles. The number of nitrogens with zero attached hydrogens (tertiary/aromatic N) is 3. The number of rotatable bonds is 2. The molecule has 0 fully saturated rings. The van der Waals surface area contributed by atoms with E-state index in [0.717, 1.165) is 5.56 Å². The van der Waals surface area contributed by atoms with Crippen molar-refractivity contribution in [3.63, 3.8) is 0 Å². The van der Waals surface area contributed by atoms with Gasteiger partial charge in [0, 0.05) is 23.1 Å². The third-order valence-electron chi connectivity index (χ3n) is 2.73. The minimum Gasteiger partial charge on any atom is -0.258 e. The number of hydrogen-bond acceptors (Lipinski definition) is 5. The number of thiophene rings is 1. The lowest BCUT2D eigenvalue weighted by atomic mass is 10.1. The molecule has 0 aliphatic rings. The molecule has 3 aromatic rings. The molecule has 0 spiro atoms. The van der Waals surface area contributed by atoms with E-state index in [1.807, 2.05) is 5.38 Å². The molecule has 2 aromatic heterocycles. The van der Waals surface area contributed by atoms with E-state index in [1.165, 1.54) is 23.5 Å². The topological polar surface area (TPSA) is 68.9 Å². The highest BCUT2D eigenvalue weighted by atomic mass is 35.5. The summed E-state index contributed by atoms with van der Waals surface area (Å²) in [6.45, 7) is 0. The maximum Gasteiger partial charge on any atom is 0.270 e. The van der Waals surface area contributed by atoms with Crippen LogP contribution in [-0.4, -0.2) is 14.9 Å². The van der Waals surface area contributed by atoms with Crippen molar-refractivity contribution in [3.8, 4) is 11.1 Å². The van der Waals surface area contributed by atoms with Crippen LogP contribution in [0.3, 0.4) is 0 Å². The number of nitro benzene ring substituents is 1. The highest BCUT2D eigenvalue weighted by molar-refractivity contribution is 7.17. The van der Waals surface area contributed by atoms with Gasteiger partial charge in [0.25, 0.3) is 5.69 Å². The molecule has 100 valence electrons. The predicted molar refractivity (Wildman–Crippen MR) is 79.5 cm³/mol. The molecule has 0 aliphatic carbocycles. The van der Waals surface area contributed by atoms with Crippen molar-refractivity contribution in [2.45, 2.75) is 0 Å². The molecular weight excluding hydrogens is 321 g/mol. The molecule has 0 saturated carbocycles. The van der Waals surface area contributed by atoms with Crippen LogP contribution in [0.2, 0.25) is 10.4 Å². The Morgan fingerprint density at radius 1 is 1.25 bits per heavy atom. The molecule has 0 unspecified atom stereocenters. The highest BCUT2D eigenvalue weighted by Gasteiger charge is 2.15. The lowest BCUT2D eigenvalue weighted by Gasteiger charge is -2.01. The Bertz CT molecular complexity index is 835. The van der Waals surface area contributed by atoms with E-state index < -0.39 is 4.92 Å². The van der Waals surface area contributed by atoms with Gasteiger partial charge in [0.15, 0.2) is 0 Å². The summed E-state index contributed by atoms with van der Waals surface area (Å²) in [5, 5.41) is 13.6. The standard InChI is InChI=1S/C12H5Cl2N3O2S/c13-10-9-8(5-20-11(9)16-12(14)15-10)6-2-1-3-7(4-6)17(18)19/h1-5H. The van der Waals surface area contributed by atoms with E-state index in [0.29, 0.717) is 15.8 Å². The smallest absolute Gasteiger partial charge is 0.258 e. The van der Waals surface area contributed by atoms with Crippen LogP contribution in [0.1, 0.15) is 0 Å². The Balaban J connectivity index is 2.25. The van der Waals surface area contributed by atoms with Crippen molar-refractivity contribution >= 4 is 50.4 Å². The Labute approximate surface area is 127 Å². The van der Waals surface area contributed by atoms with Gasteiger partial charge in [0.05, 0.1) is 10.3 Å². The van der Waals surface area contributed by atoms with Gasteiger partial charge in [-0.1, -0.05) is 23.7 Å². The maximum atomic E-state index is 10.8. The molecule has 0 aliphatic heterocycles. The minimum absolute atomic E-state index is 0.0212. The second kappa shape index (κ2) is 4.97. The molecule has 20 heavy (non-hydrogen) atoms. The molecular formula is C12H5Cl2N3O2S.